The van der Waals surface area contributed by atoms with Crippen molar-refractivity contribution in [1.82, 2.24) is 0 Å². The summed E-state index contributed by atoms with van der Waals surface area (Å²) in [5.41, 5.74) is 2.48. The molecule has 1 fully saturated rings. The van der Waals surface area contributed by atoms with Crippen LogP contribution in [0.2, 0.25) is 0 Å². The second-order valence-electron chi connectivity index (χ2n) is 11.3. The van der Waals surface area contributed by atoms with Crippen LogP contribution in [0.5, 0.6) is 0 Å². The fraction of sp³-hybridized carbons (Fsp3) is 0.483. The van der Waals surface area contributed by atoms with Crippen LogP contribution in [0.15, 0.2) is 40.3 Å². The van der Waals surface area contributed by atoms with Crippen LogP contribution in [-0.2, 0) is 26.3 Å². The monoisotopic (exact) mass is 493 g/mol. The van der Waals surface area contributed by atoms with Gasteiger partial charge in [-0.2, -0.15) is 0 Å². The molecule has 1 aromatic rings. The topological polar surface area (TPSA) is 116 Å². The molecule has 1 aromatic carbocycles. The number of allylic oxidation sites excluding steroid dienone is 1. The zero-order chi connectivity index (χ0) is 26.9. The molecule has 192 valence electrons. The molecule has 36 heavy (non-hydrogen) atoms. The van der Waals surface area contributed by atoms with E-state index in [0.29, 0.717) is 24.1 Å². The first-order valence-corrected chi connectivity index (χ1v) is 12.2. The van der Waals surface area contributed by atoms with Gasteiger partial charge in [-0.25, -0.2) is 0 Å². The lowest BCUT2D eigenvalue weighted by molar-refractivity contribution is -0.140. The van der Waals surface area contributed by atoms with E-state index in [1.165, 1.54) is 14.0 Å². The number of aliphatic hydroxyl groups excluding tert-OH is 2. The number of rotatable bonds is 3. The first-order valence-electron chi connectivity index (χ1n) is 12.2. The molecule has 7 nitrogen and oxygen atoms in total. The fourth-order valence-corrected chi connectivity index (χ4v) is 6.46. The molecule has 0 unspecified atom stereocenters. The number of hydrogen-bond donors (Lipinski definition) is 3. The standard InChI is InChI=1S/C29H35NO6/c1-13-21(28(5,6)7)12-19(15(3)30-36-8)20-10-17-9-18-11-22(32)24(16(4)31)14(2)29(18,35)27(34)25(17)26(33)23(13)20/h12,17-18,32-33,35H,2,9-11H2,1,3-8H3/b30-15-/t17-,18+,29+/m1/s1. The van der Waals surface area contributed by atoms with Crippen molar-refractivity contribution in [1.29, 1.82) is 0 Å². The normalized spacial score (nSPS) is 26.5. The summed E-state index contributed by atoms with van der Waals surface area (Å²) in [6.45, 7) is 15.2. The Morgan fingerprint density at radius 1 is 1.22 bits per heavy atom. The van der Waals surface area contributed by atoms with Crippen molar-refractivity contribution in [2.24, 2.45) is 17.0 Å². The summed E-state index contributed by atoms with van der Waals surface area (Å²) in [5, 5.41) is 38.1. The molecule has 0 radical (unpaired) electrons. The summed E-state index contributed by atoms with van der Waals surface area (Å²) < 4.78 is 0. The van der Waals surface area contributed by atoms with E-state index in [1.807, 2.05) is 13.8 Å². The Morgan fingerprint density at radius 3 is 2.42 bits per heavy atom. The predicted molar refractivity (Wildman–Crippen MR) is 138 cm³/mol. The van der Waals surface area contributed by atoms with Crippen molar-refractivity contribution < 1.29 is 29.7 Å². The number of nitrogens with zero attached hydrogens (tertiary/aromatic N) is 1. The van der Waals surface area contributed by atoms with E-state index in [2.05, 4.69) is 38.6 Å². The summed E-state index contributed by atoms with van der Waals surface area (Å²) in [7, 11) is 1.48. The first kappa shape index (κ1) is 25.9. The predicted octanol–water partition coefficient (Wildman–Crippen LogP) is 4.79. The third-order valence-corrected chi connectivity index (χ3v) is 8.06. The first-order chi connectivity index (χ1) is 16.7. The molecular formula is C29H35NO6. The summed E-state index contributed by atoms with van der Waals surface area (Å²) in [6.07, 6.45) is 0.794. The van der Waals surface area contributed by atoms with Crippen LogP contribution in [-0.4, -0.2) is 45.3 Å². The van der Waals surface area contributed by atoms with Gasteiger partial charge in [0.2, 0.25) is 0 Å². The Balaban J connectivity index is 1.99. The number of fused-ring (bicyclic) bond motifs is 3. The Morgan fingerprint density at radius 2 is 1.86 bits per heavy atom. The van der Waals surface area contributed by atoms with Crippen LogP contribution in [0.1, 0.15) is 75.3 Å². The molecular weight excluding hydrogens is 458 g/mol. The van der Waals surface area contributed by atoms with Gasteiger partial charge in [-0.3, -0.25) is 9.59 Å². The molecule has 0 spiro atoms. The van der Waals surface area contributed by atoms with Crippen molar-refractivity contribution in [3.8, 4) is 0 Å². The van der Waals surface area contributed by atoms with Crippen molar-refractivity contribution in [2.75, 3.05) is 7.11 Å². The number of ketones is 2. The minimum absolute atomic E-state index is 0.00736. The number of aliphatic hydroxyl groups is 3. The van der Waals surface area contributed by atoms with Gasteiger partial charge < -0.3 is 20.2 Å². The summed E-state index contributed by atoms with van der Waals surface area (Å²) in [6, 6.07) is 2.08. The quantitative estimate of drug-likeness (QED) is 0.412. The lowest BCUT2D eigenvalue weighted by Gasteiger charge is -2.48. The van der Waals surface area contributed by atoms with Gasteiger partial charge >= 0.3 is 0 Å². The van der Waals surface area contributed by atoms with Crippen LogP contribution >= 0.6 is 0 Å². The molecule has 0 saturated heterocycles. The highest BCUT2D eigenvalue weighted by atomic mass is 16.6. The second kappa shape index (κ2) is 8.44. The molecule has 4 rings (SSSR count). The van der Waals surface area contributed by atoms with Gasteiger partial charge in [0.1, 0.15) is 18.6 Å². The van der Waals surface area contributed by atoms with Gasteiger partial charge in [0.15, 0.2) is 17.2 Å². The maximum absolute atomic E-state index is 13.9. The average molecular weight is 494 g/mol. The van der Waals surface area contributed by atoms with Crippen molar-refractivity contribution in [3.05, 3.63) is 62.9 Å². The zero-order valence-corrected chi connectivity index (χ0v) is 22.1. The van der Waals surface area contributed by atoms with E-state index in [0.717, 1.165) is 22.3 Å². The molecule has 1 saturated carbocycles. The Hall–Kier alpha value is -3.19. The summed E-state index contributed by atoms with van der Waals surface area (Å²) >= 11 is 0. The van der Waals surface area contributed by atoms with Crippen LogP contribution in [0.3, 0.4) is 0 Å². The smallest absolute Gasteiger partial charge is 0.199 e. The Bertz CT molecular complexity index is 1310. The van der Waals surface area contributed by atoms with Crippen LogP contribution < -0.4 is 0 Å². The third kappa shape index (κ3) is 3.55. The van der Waals surface area contributed by atoms with Gasteiger partial charge in [0.05, 0.1) is 11.3 Å². The van der Waals surface area contributed by atoms with Crippen LogP contribution in [0.4, 0.5) is 0 Å². The Kier molecular flexibility index (Phi) is 6.07. The number of benzene rings is 1. The molecule has 0 bridgehead atoms. The zero-order valence-electron chi connectivity index (χ0n) is 22.1. The van der Waals surface area contributed by atoms with Crippen LogP contribution in [0, 0.1) is 18.8 Å². The molecule has 3 aliphatic carbocycles. The summed E-state index contributed by atoms with van der Waals surface area (Å²) in [5.74, 6) is -2.44. The van der Waals surface area contributed by atoms with Crippen molar-refractivity contribution in [2.45, 2.75) is 71.8 Å². The molecule has 0 amide bonds. The highest BCUT2D eigenvalue weighted by Crippen LogP contribution is 2.54. The highest BCUT2D eigenvalue weighted by Gasteiger charge is 2.58. The second-order valence-corrected chi connectivity index (χ2v) is 11.3. The lowest BCUT2D eigenvalue weighted by atomic mass is 9.57. The van der Waals surface area contributed by atoms with E-state index < -0.39 is 23.1 Å². The van der Waals surface area contributed by atoms with Gasteiger partial charge in [-0.05, 0) is 73.3 Å². The molecule has 7 heteroatoms. The number of carbonyl (C=O) groups excluding carboxylic acids is 2. The van der Waals surface area contributed by atoms with E-state index in [-0.39, 0.29) is 46.0 Å². The van der Waals surface area contributed by atoms with Crippen molar-refractivity contribution >= 4 is 23.0 Å². The van der Waals surface area contributed by atoms with Gasteiger partial charge in [-0.1, -0.05) is 32.5 Å². The summed E-state index contributed by atoms with van der Waals surface area (Å²) in [4.78, 5) is 31.2. The Labute approximate surface area is 211 Å². The minimum atomic E-state index is -2.06. The molecule has 0 heterocycles. The maximum Gasteiger partial charge on any atom is 0.199 e. The number of Topliss-reactive ketones (excluding diaryl/α,β-unsaturated/α-hetero) is 2. The van der Waals surface area contributed by atoms with E-state index in [1.54, 1.807) is 0 Å². The number of carbonyl (C=O) groups is 2. The maximum atomic E-state index is 13.9. The van der Waals surface area contributed by atoms with Crippen molar-refractivity contribution in [3.63, 3.8) is 0 Å². The SMILES string of the molecule is C=C1C(C(C)=O)=C(O)C[C@@H]2C[C@@H]3Cc4c(/C(C)=N\OC)cc(C(C)(C)C)c(C)c4C(O)=C3C(=O)[C@]12O. The van der Waals surface area contributed by atoms with E-state index >= 15 is 0 Å². The third-order valence-electron chi connectivity index (χ3n) is 8.06. The highest BCUT2D eigenvalue weighted by molar-refractivity contribution is 6.14. The largest absolute Gasteiger partial charge is 0.512 e. The fourth-order valence-electron chi connectivity index (χ4n) is 6.46. The molecule has 0 aliphatic heterocycles. The number of hydrogen-bond acceptors (Lipinski definition) is 7. The van der Waals surface area contributed by atoms with E-state index in [4.69, 9.17) is 4.84 Å². The van der Waals surface area contributed by atoms with Crippen LogP contribution in [0.25, 0.3) is 5.76 Å². The van der Waals surface area contributed by atoms with Gasteiger partial charge in [0, 0.05) is 29.0 Å². The van der Waals surface area contributed by atoms with E-state index in [9.17, 15) is 24.9 Å². The molecule has 0 aromatic heterocycles. The van der Waals surface area contributed by atoms with Gasteiger partial charge in [-0.15, -0.1) is 0 Å². The van der Waals surface area contributed by atoms with Gasteiger partial charge in [0.25, 0.3) is 0 Å². The molecule has 3 atom stereocenters. The minimum Gasteiger partial charge on any atom is -0.512 e. The molecule has 3 N–H and O–H groups in total. The average Bonchev–Trinajstić information content (AvgIpc) is 2.75. The molecule has 3 aliphatic rings. The lowest BCUT2D eigenvalue weighted by Crippen LogP contribution is -2.56. The number of oxime groups is 1.